The van der Waals surface area contributed by atoms with Crippen molar-refractivity contribution in [2.75, 3.05) is 36.9 Å². The first-order valence-electron chi connectivity index (χ1n) is 13.3. The second kappa shape index (κ2) is 11.6. The minimum atomic E-state index is -0.415. The lowest BCUT2D eigenvalue weighted by molar-refractivity contribution is 0.183. The van der Waals surface area contributed by atoms with Crippen LogP contribution in [0.5, 0.6) is 5.75 Å². The van der Waals surface area contributed by atoms with E-state index in [1.807, 2.05) is 61.7 Å². The van der Waals surface area contributed by atoms with E-state index in [1.165, 1.54) is 32.4 Å². The number of hydrogen-bond acceptors (Lipinski definition) is 6. The zero-order valence-electron chi connectivity index (χ0n) is 22.7. The van der Waals surface area contributed by atoms with Gasteiger partial charge in [0.2, 0.25) is 0 Å². The quantitative estimate of drug-likeness (QED) is 0.321. The molecule has 39 heavy (non-hydrogen) atoms. The summed E-state index contributed by atoms with van der Waals surface area (Å²) in [6, 6.07) is 12.7. The molecule has 1 aliphatic rings. The number of likely N-dealkylation sites (tertiary alicyclic amines) is 1. The molecule has 1 fully saturated rings. The molecule has 0 spiro atoms. The maximum absolute atomic E-state index is 12.4. The average molecular weight is 527 g/mol. The lowest BCUT2D eigenvalue weighted by atomic mass is 9.93. The number of amides is 2. The van der Waals surface area contributed by atoms with Gasteiger partial charge in [0.25, 0.3) is 0 Å². The summed E-state index contributed by atoms with van der Waals surface area (Å²) in [6.07, 6.45) is 7.54. The van der Waals surface area contributed by atoms with Crippen LogP contribution in [-0.4, -0.2) is 51.7 Å². The van der Waals surface area contributed by atoms with E-state index in [9.17, 15) is 4.79 Å². The number of imidazole rings is 1. The summed E-state index contributed by atoms with van der Waals surface area (Å²) in [5, 5.41) is 9.41. The summed E-state index contributed by atoms with van der Waals surface area (Å²) in [7, 11) is 0. The fraction of sp³-hybridized carbons (Fsp3) is 0.367. The molecule has 0 atom stereocenters. The molecular weight excluding hydrogens is 492 g/mol. The summed E-state index contributed by atoms with van der Waals surface area (Å²) < 4.78 is 13.0. The van der Waals surface area contributed by atoms with Crippen molar-refractivity contribution < 1.29 is 14.1 Å². The van der Waals surface area contributed by atoms with Crippen molar-refractivity contribution in [1.82, 2.24) is 19.4 Å². The number of aromatic nitrogens is 3. The number of ether oxygens (including phenoxy) is 1. The van der Waals surface area contributed by atoms with Gasteiger partial charge >= 0.3 is 6.03 Å². The van der Waals surface area contributed by atoms with Crippen molar-refractivity contribution in [2.45, 2.75) is 45.4 Å². The normalized spacial score (nSPS) is 14.0. The van der Waals surface area contributed by atoms with Gasteiger partial charge in [0.15, 0.2) is 5.82 Å². The van der Waals surface area contributed by atoms with Crippen LogP contribution >= 0.6 is 0 Å². The first kappa shape index (κ1) is 26.3. The van der Waals surface area contributed by atoms with Gasteiger partial charge in [0, 0.05) is 36.0 Å². The van der Waals surface area contributed by atoms with Gasteiger partial charge < -0.3 is 19.0 Å². The summed E-state index contributed by atoms with van der Waals surface area (Å²) in [6.45, 7) is 10.1. The molecule has 2 amide bonds. The average Bonchev–Trinajstić information content (AvgIpc) is 3.55. The van der Waals surface area contributed by atoms with E-state index >= 15 is 0 Å². The number of carbonyl (C=O) groups excluding carboxylic acids is 1. The first-order chi connectivity index (χ1) is 18.8. The molecule has 2 N–H and O–H groups in total. The molecule has 0 saturated carbocycles. The van der Waals surface area contributed by atoms with Crippen LogP contribution in [-0.2, 0) is 5.41 Å². The Labute approximate surface area is 228 Å². The zero-order valence-corrected chi connectivity index (χ0v) is 22.7. The van der Waals surface area contributed by atoms with Crippen LogP contribution in [0.4, 0.5) is 16.3 Å². The monoisotopic (exact) mass is 526 g/mol. The van der Waals surface area contributed by atoms with Gasteiger partial charge in [-0.15, -0.1) is 0 Å². The molecule has 9 nitrogen and oxygen atoms in total. The van der Waals surface area contributed by atoms with Crippen LogP contribution in [0.25, 0.3) is 5.65 Å². The van der Waals surface area contributed by atoms with E-state index in [0.29, 0.717) is 29.6 Å². The minimum Gasteiger partial charge on any atom is -0.492 e. The van der Waals surface area contributed by atoms with Crippen LogP contribution < -0.4 is 15.4 Å². The summed E-state index contributed by atoms with van der Waals surface area (Å²) >= 11 is 0. The predicted molar refractivity (Wildman–Crippen MR) is 151 cm³/mol. The molecule has 202 valence electrons. The molecule has 0 unspecified atom stereocenters. The molecule has 4 heterocycles. The second-order valence-corrected chi connectivity index (χ2v) is 10.7. The fourth-order valence-corrected chi connectivity index (χ4v) is 4.34. The van der Waals surface area contributed by atoms with E-state index in [1.54, 1.807) is 18.3 Å². The van der Waals surface area contributed by atoms with Crippen molar-refractivity contribution in [2.24, 2.45) is 0 Å². The number of anilines is 2. The molecule has 1 aliphatic heterocycles. The van der Waals surface area contributed by atoms with Crippen LogP contribution in [0.15, 0.2) is 59.4 Å². The van der Waals surface area contributed by atoms with Crippen molar-refractivity contribution in [3.63, 3.8) is 0 Å². The van der Waals surface area contributed by atoms with E-state index in [4.69, 9.17) is 9.26 Å². The smallest absolute Gasteiger partial charge is 0.324 e. The maximum Gasteiger partial charge on any atom is 0.324 e. The Balaban J connectivity index is 1.15. The second-order valence-electron chi connectivity index (χ2n) is 10.7. The predicted octanol–water partition coefficient (Wildman–Crippen LogP) is 5.53. The highest BCUT2D eigenvalue weighted by atomic mass is 16.5. The van der Waals surface area contributed by atoms with Gasteiger partial charge in [-0.2, -0.15) is 0 Å². The number of carbonyl (C=O) groups is 1. The SMILES string of the molecule is CC(C)(C)c1cc(NC(=O)Nc2ccc3nc(C#Cc4ccc(OCCN5CCCCC5)cc4)cn3c2)no1. The molecule has 0 aliphatic carbocycles. The lowest BCUT2D eigenvalue weighted by Gasteiger charge is -2.26. The summed E-state index contributed by atoms with van der Waals surface area (Å²) in [5.41, 5.74) is 2.66. The number of hydrogen-bond donors (Lipinski definition) is 2. The van der Waals surface area contributed by atoms with Crippen LogP contribution in [0.2, 0.25) is 0 Å². The Kier molecular flexibility index (Phi) is 7.84. The van der Waals surface area contributed by atoms with Gasteiger partial charge in [-0.05, 0) is 68.2 Å². The van der Waals surface area contributed by atoms with E-state index in [2.05, 4.69) is 37.5 Å². The van der Waals surface area contributed by atoms with E-state index in [-0.39, 0.29) is 5.41 Å². The van der Waals surface area contributed by atoms with Crippen molar-refractivity contribution in [3.05, 3.63) is 71.9 Å². The molecular formula is C30H34N6O3. The highest BCUT2D eigenvalue weighted by Crippen LogP contribution is 2.24. The molecule has 3 aromatic heterocycles. The number of nitrogens with zero attached hydrogens (tertiary/aromatic N) is 4. The van der Waals surface area contributed by atoms with E-state index in [0.717, 1.165) is 23.5 Å². The van der Waals surface area contributed by atoms with Crippen LogP contribution in [0.1, 0.15) is 57.1 Å². The lowest BCUT2D eigenvalue weighted by Crippen LogP contribution is -2.33. The Morgan fingerprint density at radius 2 is 1.82 bits per heavy atom. The van der Waals surface area contributed by atoms with Crippen LogP contribution in [0.3, 0.4) is 0 Å². The van der Waals surface area contributed by atoms with Crippen molar-refractivity contribution in [1.29, 1.82) is 0 Å². The summed E-state index contributed by atoms with van der Waals surface area (Å²) in [4.78, 5) is 19.5. The standard InChI is InChI=1S/C30H34N6O3/c1-30(2,3)26-19-27(34-39-26)33-29(37)32-24-11-14-28-31-23(20-36(28)21-24)10-7-22-8-12-25(13-9-22)38-18-17-35-15-5-4-6-16-35/h8-9,11-14,19-21H,4-6,15-18H2,1-3H3,(H2,32,33,34,37). The zero-order chi connectivity index (χ0) is 27.2. The van der Waals surface area contributed by atoms with Gasteiger partial charge in [-0.25, -0.2) is 9.78 Å². The Bertz CT molecular complexity index is 1480. The van der Waals surface area contributed by atoms with Gasteiger partial charge in [-0.1, -0.05) is 38.3 Å². The highest BCUT2D eigenvalue weighted by Gasteiger charge is 2.20. The van der Waals surface area contributed by atoms with Crippen molar-refractivity contribution in [3.8, 4) is 17.6 Å². The Hall–Kier alpha value is -4.29. The molecule has 1 aromatic carbocycles. The third-order valence-electron chi connectivity index (χ3n) is 6.51. The third kappa shape index (κ3) is 7.18. The molecule has 1 saturated heterocycles. The van der Waals surface area contributed by atoms with Crippen LogP contribution in [0, 0.1) is 11.8 Å². The number of pyridine rings is 1. The number of fused-ring (bicyclic) bond motifs is 1. The third-order valence-corrected chi connectivity index (χ3v) is 6.51. The molecule has 9 heteroatoms. The van der Waals surface area contributed by atoms with Gasteiger partial charge in [0.1, 0.15) is 29.5 Å². The number of piperidine rings is 1. The Morgan fingerprint density at radius 1 is 1.03 bits per heavy atom. The van der Waals surface area contributed by atoms with Crippen molar-refractivity contribution >= 4 is 23.2 Å². The molecule has 0 bridgehead atoms. The topological polar surface area (TPSA) is 96.9 Å². The number of nitrogens with one attached hydrogen (secondary N) is 2. The summed E-state index contributed by atoms with van der Waals surface area (Å²) in [5.74, 6) is 8.18. The number of urea groups is 1. The van der Waals surface area contributed by atoms with E-state index < -0.39 is 6.03 Å². The highest BCUT2D eigenvalue weighted by molar-refractivity contribution is 5.99. The minimum absolute atomic E-state index is 0.194. The molecule has 5 rings (SSSR count). The Morgan fingerprint density at radius 3 is 2.56 bits per heavy atom. The maximum atomic E-state index is 12.4. The molecule has 4 aromatic rings. The largest absolute Gasteiger partial charge is 0.492 e. The molecule has 0 radical (unpaired) electrons. The van der Waals surface area contributed by atoms with Gasteiger partial charge in [-0.3, -0.25) is 10.2 Å². The number of benzene rings is 1. The van der Waals surface area contributed by atoms with Gasteiger partial charge in [0.05, 0.1) is 5.69 Å². The number of rotatable bonds is 6. The first-order valence-corrected chi connectivity index (χ1v) is 13.3. The fourth-order valence-electron chi connectivity index (χ4n) is 4.34.